The highest BCUT2D eigenvalue weighted by molar-refractivity contribution is 5.69. The Morgan fingerprint density at radius 1 is 1.38 bits per heavy atom. The second kappa shape index (κ2) is 7.24. The number of esters is 1. The van der Waals surface area contributed by atoms with Gasteiger partial charge < -0.3 is 14.2 Å². The Hall–Kier alpha value is -1.12. The van der Waals surface area contributed by atoms with Crippen LogP contribution in [0.3, 0.4) is 0 Å². The minimum atomic E-state index is -0.223. The van der Waals surface area contributed by atoms with E-state index in [1.165, 1.54) is 7.11 Å². The summed E-state index contributed by atoms with van der Waals surface area (Å²) in [6.45, 7) is 2.13. The summed E-state index contributed by atoms with van der Waals surface area (Å²) in [6.07, 6.45) is 6.50. The second-order valence-electron chi connectivity index (χ2n) is 6.00. The van der Waals surface area contributed by atoms with Crippen LogP contribution >= 0.6 is 0 Å². The van der Waals surface area contributed by atoms with Crippen molar-refractivity contribution in [1.82, 2.24) is 0 Å². The van der Waals surface area contributed by atoms with Crippen molar-refractivity contribution < 1.29 is 19.0 Å². The Morgan fingerprint density at radius 3 is 2.86 bits per heavy atom. The summed E-state index contributed by atoms with van der Waals surface area (Å²) in [7, 11) is 1.41. The molecular weight excluding hydrogens is 270 g/mol. The second-order valence-corrected chi connectivity index (χ2v) is 6.00. The fourth-order valence-electron chi connectivity index (χ4n) is 3.54. The molecule has 5 heteroatoms. The van der Waals surface area contributed by atoms with Gasteiger partial charge in [0, 0.05) is 19.3 Å². The zero-order valence-corrected chi connectivity index (χ0v) is 13.0. The molecule has 0 radical (unpaired) electrons. The molecule has 2 saturated heterocycles. The van der Waals surface area contributed by atoms with Crippen molar-refractivity contribution in [2.75, 3.05) is 7.11 Å². The zero-order chi connectivity index (χ0) is 15.3. The minimum absolute atomic E-state index is 0.0729. The molecule has 2 aliphatic heterocycles. The van der Waals surface area contributed by atoms with Crippen molar-refractivity contribution in [3.05, 3.63) is 0 Å². The van der Waals surface area contributed by atoms with Crippen LogP contribution in [0.4, 0.5) is 0 Å². The molecule has 5 nitrogen and oxygen atoms in total. The van der Waals surface area contributed by atoms with Crippen LogP contribution in [-0.2, 0) is 19.0 Å². The molecule has 0 spiro atoms. The number of fused-ring (bicyclic) bond motifs is 1. The van der Waals surface area contributed by atoms with Crippen molar-refractivity contribution in [2.45, 2.75) is 82.2 Å². The van der Waals surface area contributed by atoms with E-state index in [1.807, 2.05) is 0 Å². The smallest absolute Gasteiger partial charge is 0.305 e. The van der Waals surface area contributed by atoms with Gasteiger partial charge in [0.2, 0.25) is 0 Å². The van der Waals surface area contributed by atoms with Crippen LogP contribution < -0.4 is 0 Å². The van der Waals surface area contributed by atoms with Gasteiger partial charge >= 0.3 is 5.97 Å². The first-order valence-corrected chi connectivity index (χ1v) is 7.90. The van der Waals surface area contributed by atoms with E-state index in [-0.39, 0.29) is 29.9 Å². The van der Waals surface area contributed by atoms with Gasteiger partial charge in [-0.3, -0.25) is 4.79 Å². The lowest BCUT2D eigenvalue weighted by atomic mass is 9.83. The predicted molar refractivity (Wildman–Crippen MR) is 76.5 cm³/mol. The SMILES string of the molecule is CCC12CC(CCC(=O)OC)OC1CC[C@H](CCC#N)O2. The van der Waals surface area contributed by atoms with E-state index in [9.17, 15) is 4.79 Å². The van der Waals surface area contributed by atoms with Gasteiger partial charge in [0.05, 0.1) is 37.1 Å². The molecule has 0 aromatic carbocycles. The summed E-state index contributed by atoms with van der Waals surface area (Å²) in [5.74, 6) is -0.188. The van der Waals surface area contributed by atoms with Crippen molar-refractivity contribution in [2.24, 2.45) is 0 Å². The Morgan fingerprint density at radius 2 is 2.19 bits per heavy atom. The van der Waals surface area contributed by atoms with Gasteiger partial charge in [-0.05, 0) is 32.1 Å². The lowest BCUT2D eigenvalue weighted by Gasteiger charge is -2.41. The summed E-state index contributed by atoms with van der Waals surface area (Å²) in [6, 6.07) is 2.19. The molecule has 0 aromatic heterocycles. The highest BCUT2D eigenvalue weighted by atomic mass is 16.6. The third-order valence-electron chi connectivity index (χ3n) is 4.74. The first kappa shape index (κ1) is 16.3. The number of rotatable bonds is 6. The quantitative estimate of drug-likeness (QED) is 0.705. The standard InChI is InChI=1S/C16H25NO4/c1-3-16-11-13(7-9-15(18)19-2)20-14(16)8-6-12(21-16)5-4-10-17/h12-14H,3-9,11H2,1-2H3/t12-,13?,14?,16?/m0/s1. The topological polar surface area (TPSA) is 68.5 Å². The molecule has 4 atom stereocenters. The number of carbonyl (C=O) groups is 1. The van der Waals surface area contributed by atoms with Crippen molar-refractivity contribution >= 4 is 5.97 Å². The van der Waals surface area contributed by atoms with Gasteiger partial charge in [-0.15, -0.1) is 0 Å². The lowest BCUT2D eigenvalue weighted by Crippen LogP contribution is -2.47. The van der Waals surface area contributed by atoms with Crippen molar-refractivity contribution in [3.8, 4) is 6.07 Å². The Balaban J connectivity index is 1.92. The van der Waals surface area contributed by atoms with E-state index >= 15 is 0 Å². The summed E-state index contributed by atoms with van der Waals surface area (Å²) in [5, 5.41) is 8.72. The molecule has 0 N–H and O–H groups in total. The third-order valence-corrected chi connectivity index (χ3v) is 4.74. The van der Waals surface area contributed by atoms with Crippen LogP contribution in [0.2, 0.25) is 0 Å². The highest BCUT2D eigenvalue weighted by Crippen LogP contribution is 2.45. The molecular formula is C16H25NO4. The van der Waals surface area contributed by atoms with Gasteiger partial charge in [-0.25, -0.2) is 0 Å². The van der Waals surface area contributed by atoms with E-state index in [1.54, 1.807) is 0 Å². The number of nitrogens with zero attached hydrogens (tertiary/aromatic N) is 1. The first-order valence-electron chi connectivity index (χ1n) is 7.90. The van der Waals surface area contributed by atoms with Crippen molar-refractivity contribution in [1.29, 1.82) is 5.26 Å². The number of methoxy groups -OCH3 is 1. The molecule has 0 amide bonds. The van der Waals surface area contributed by atoms with E-state index in [0.717, 1.165) is 32.1 Å². The summed E-state index contributed by atoms with van der Waals surface area (Å²) in [5.41, 5.74) is -0.223. The normalized spacial score (nSPS) is 35.0. The molecule has 0 aromatic rings. The fourth-order valence-corrected chi connectivity index (χ4v) is 3.54. The molecule has 21 heavy (non-hydrogen) atoms. The van der Waals surface area contributed by atoms with Gasteiger partial charge in [-0.2, -0.15) is 5.26 Å². The number of ether oxygens (including phenoxy) is 3. The summed E-state index contributed by atoms with van der Waals surface area (Å²) >= 11 is 0. The summed E-state index contributed by atoms with van der Waals surface area (Å²) in [4.78, 5) is 11.3. The van der Waals surface area contributed by atoms with Crippen LogP contribution in [0.1, 0.15) is 58.3 Å². The van der Waals surface area contributed by atoms with E-state index in [0.29, 0.717) is 19.3 Å². The minimum Gasteiger partial charge on any atom is -0.469 e. The van der Waals surface area contributed by atoms with Crippen LogP contribution in [0.25, 0.3) is 0 Å². The van der Waals surface area contributed by atoms with Gasteiger partial charge in [0.1, 0.15) is 0 Å². The van der Waals surface area contributed by atoms with Gasteiger partial charge in [-0.1, -0.05) is 6.92 Å². The van der Waals surface area contributed by atoms with E-state index in [4.69, 9.17) is 14.7 Å². The molecule has 118 valence electrons. The maximum Gasteiger partial charge on any atom is 0.305 e. The maximum absolute atomic E-state index is 11.3. The van der Waals surface area contributed by atoms with Gasteiger partial charge in [0.15, 0.2) is 0 Å². The average Bonchev–Trinajstić information content (AvgIpc) is 2.88. The Kier molecular flexibility index (Phi) is 5.60. The highest BCUT2D eigenvalue weighted by Gasteiger charge is 2.51. The fraction of sp³-hybridized carbons (Fsp3) is 0.875. The largest absolute Gasteiger partial charge is 0.469 e. The zero-order valence-electron chi connectivity index (χ0n) is 13.0. The molecule has 3 unspecified atom stereocenters. The number of hydrogen-bond donors (Lipinski definition) is 0. The van der Waals surface area contributed by atoms with E-state index < -0.39 is 0 Å². The maximum atomic E-state index is 11.3. The van der Waals surface area contributed by atoms with Crippen LogP contribution in [0, 0.1) is 11.3 Å². The van der Waals surface area contributed by atoms with E-state index in [2.05, 4.69) is 17.7 Å². The molecule has 0 saturated carbocycles. The molecule has 0 aliphatic carbocycles. The molecule has 2 rings (SSSR count). The number of carbonyl (C=O) groups excluding carboxylic acids is 1. The predicted octanol–water partition coefficient (Wildman–Crippen LogP) is 2.73. The third kappa shape index (κ3) is 3.75. The van der Waals surface area contributed by atoms with Crippen LogP contribution in [-0.4, -0.2) is 37.0 Å². The van der Waals surface area contributed by atoms with Gasteiger partial charge in [0.25, 0.3) is 0 Å². The Labute approximate surface area is 126 Å². The van der Waals surface area contributed by atoms with Crippen molar-refractivity contribution in [3.63, 3.8) is 0 Å². The molecule has 2 heterocycles. The first-order chi connectivity index (χ1) is 10.1. The van der Waals surface area contributed by atoms with Crippen LogP contribution in [0.15, 0.2) is 0 Å². The average molecular weight is 295 g/mol. The van der Waals surface area contributed by atoms with Crippen LogP contribution in [0.5, 0.6) is 0 Å². The lowest BCUT2D eigenvalue weighted by molar-refractivity contribution is -0.168. The summed E-state index contributed by atoms with van der Waals surface area (Å²) < 4.78 is 17.1. The molecule has 2 fully saturated rings. The monoisotopic (exact) mass is 295 g/mol. The molecule has 2 aliphatic rings. The molecule has 0 bridgehead atoms. The number of hydrogen-bond acceptors (Lipinski definition) is 5. The Bertz CT molecular complexity index is 406. The number of nitriles is 1.